The van der Waals surface area contributed by atoms with Crippen LogP contribution in [0.2, 0.25) is 0 Å². The molecular weight excluding hydrogens is 419 g/mol. The van der Waals surface area contributed by atoms with Crippen molar-refractivity contribution in [1.29, 1.82) is 0 Å². The topological polar surface area (TPSA) is 45.6 Å². The molecule has 4 nitrogen and oxygen atoms in total. The molecule has 132 valence electrons. The van der Waals surface area contributed by atoms with Gasteiger partial charge in [0.05, 0.1) is 8.66 Å². The fourth-order valence-electron chi connectivity index (χ4n) is 3.03. The first kappa shape index (κ1) is 17.4. The SMILES string of the molecule is OCN1OC(c2ccc(Br)s2)=C(c2cccnc2)C1c1ccccc1F. The van der Waals surface area contributed by atoms with E-state index < -0.39 is 6.04 Å². The molecule has 26 heavy (non-hydrogen) atoms. The van der Waals surface area contributed by atoms with Crippen molar-refractivity contribution in [2.24, 2.45) is 0 Å². The molecular formula is C19H14BrFN2O2S. The highest BCUT2D eigenvalue weighted by Gasteiger charge is 2.39. The molecule has 1 aliphatic heterocycles. The summed E-state index contributed by atoms with van der Waals surface area (Å²) in [5.74, 6) is 0.241. The lowest BCUT2D eigenvalue weighted by Gasteiger charge is -2.23. The van der Waals surface area contributed by atoms with Crippen molar-refractivity contribution < 1.29 is 14.3 Å². The summed E-state index contributed by atoms with van der Waals surface area (Å²) in [7, 11) is 0. The molecule has 4 rings (SSSR count). The predicted molar refractivity (Wildman–Crippen MR) is 102 cm³/mol. The Balaban J connectivity index is 1.95. The summed E-state index contributed by atoms with van der Waals surface area (Å²) >= 11 is 4.97. The van der Waals surface area contributed by atoms with E-state index in [2.05, 4.69) is 20.9 Å². The van der Waals surface area contributed by atoms with Gasteiger partial charge in [0.15, 0.2) is 5.76 Å². The number of aromatic nitrogens is 1. The minimum atomic E-state index is -0.582. The number of rotatable bonds is 4. The largest absolute Gasteiger partial charge is 0.401 e. The van der Waals surface area contributed by atoms with Gasteiger partial charge in [-0.15, -0.1) is 16.4 Å². The Morgan fingerprint density at radius 1 is 1.19 bits per heavy atom. The van der Waals surface area contributed by atoms with Gasteiger partial charge in [-0.3, -0.25) is 4.98 Å². The highest BCUT2D eigenvalue weighted by Crippen LogP contribution is 2.48. The Labute approximate surface area is 162 Å². The minimum Gasteiger partial charge on any atom is -0.401 e. The number of aliphatic hydroxyl groups excluding tert-OH is 1. The summed E-state index contributed by atoms with van der Waals surface area (Å²) < 4.78 is 15.5. The van der Waals surface area contributed by atoms with Crippen LogP contribution in [0.3, 0.4) is 0 Å². The van der Waals surface area contributed by atoms with E-state index >= 15 is 0 Å². The number of nitrogens with zero attached hydrogens (tertiary/aromatic N) is 2. The van der Waals surface area contributed by atoms with Gasteiger partial charge in [0.1, 0.15) is 18.6 Å². The maximum Gasteiger partial charge on any atom is 0.170 e. The molecule has 0 bridgehead atoms. The number of hydrogen-bond acceptors (Lipinski definition) is 5. The molecule has 0 aliphatic carbocycles. The summed E-state index contributed by atoms with van der Waals surface area (Å²) in [4.78, 5) is 11.0. The molecule has 3 heterocycles. The summed E-state index contributed by atoms with van der Waals surface area (Å²) in [5.41, 5.74) is 2.02. The second-order valence-electron chi connectivity index (χ2n) is 5.66. The molecule has 1 atom stereocenters. The number of hydrogen-bond donors (Lipinski definition) is 1. The number of thiophene rings is 1. The van der Waals surface area contributed by atoms with Crippen LogP contribution in [0.5, 0.6) is 0 Å². The van der Waals surface area contributed by atoms with Gasteiger partial charge in [-0.2, -0.15) is 0 Å². The Kier molecular flexibility index (Phi) is 4.86. The second kappa shape index (κ2) is 7.28. The van der Waals surface area contributed by atoms with Crippen molar-refractivity contribution in [2.75, 3.05) is 6.73 Å². The van der Waals surface area contributed by atoms with Gasteiger partial charge >= 0.3 is 0 Å². The molecule has 2 aromatic heterocycles. The highest BCUT2D eigenvalue weighted by molar-refractivity contribution is 9.11. The molecule has 0 amide bonds. The first-order valence-corrected chi connectivity index (χ1v) is 9.50. The zero-order valence-electron chi connectivity index (χ0n) is 13.5. The standard InChI is InChI=1S/C19H14BrFN2O2S/c20-16-8-7-15(26-16)19-17(12-4-3-9-22-10-12)18(23(11-24)25-19)13-5-1-2-6-14(13)21/h1-10,18,24H,11H2. The fraction of sp³-hybridized carbons (Fsp3) is 0.105. The zero-order valence-corrected chi connectivity index (χ0v) is 15.9. The van der Waals surface area contributed by atoms with E-state index in [4.69, 9.17) is 4.84 Å². The second-order valence-corrected chi connectivity index (χ2v) is 8.13. The van der Waals surface area contributed by atoms with E-state index in [0.717, 1.165) is 19.8 Å². The summed E-state index contributed by atoms with van der Waals surface area (Å²) in [5, 5.41) is 11.2. The smallest absolute Gasteiger partial charge is 0.170 e. The predicted octanol–water partition coefficient (Wildman–Crippen LogP) is 4.85. The molecule has 0 saturated carbocycles. The number of benzene rings is 1. The maximum atomic E-state index is 14.6. The zero-order chi connectivity index (χ0) is 18.1. The highest BCUT2D eigenvalue weighted by atomic mass is 79.9. The van der Waals surface area contributed by atoms with Gasteiger partial charge < -0.3 is 9.94 Å². The quantitative estimate of drug-likeness (QED) is 0.639. The van der Waals surface area contributed by atoms with Crippen LogP contribution in [0.1, 0.15) is 22.0 Å². The third-order valence-corrected chi connectivity index (χ3v) is 5.75. The molecule has 7 heteroatoms. The van der Waals surface area contributed by atoms with E-state index in [0.29, 0.717) is 11.3 Å². The first-order chi connectivity index (χ1) is 12.7. The van der Waals surface area contributed by atoms with Gasteiger partial charge in [0.25, 0.3) is 0 Å². The number of halogens is 2. The van der Waals surface area contributed by atoms with Crippen LogP contribution in [0.4, 0.5) is 4.39 Å². The van der Waals surface area contributed by atoms with Crippen LogP contribution in [0.25, 0.3) is 11.3 Å². The number of pyridine rings is 1. The minimum absolute atomic E-state index is 0.352. The van der Waals surface area contributed by atoms with Crippen LogP contribution in [-0.2, 0) is 4.84 Å². The van der Waals surface area contributed by atoms with Crippen molar-refractivity contribution in [3.8, 4) is 0 Å². The van der Waals surface area contributed by atoms with E-state index in [9.17, 15) is 9.50 Å². The Hall–Kier alpha value is -2.06. The lowest BCUT2D eigenvalue weighted by Crippen LogP contribution is -2.25. The monoisotopic (exact) mass is 432 g/mol. The van der Waals surface area contributed by atoms with Crippen LogP contribution >= 0.6 is 27.3 Å². The van der Waals surface area contributed by atoms with Crippen molar-refractivity contribution in [1.82, 2.24) is 10.0 Å². The third-order valence-electron chi connectivity index (χ3n) is 4.12. The molecule has 1 aliphatic rings. The van der Waals surface area contributed by atoms with Crippen molar-refractivity contribution in [3.63, 3.8) is 0 Å². The van der Waals surface area contributed by atoms with Crippen molar-refractivity contribution >= 4 is 38.6 Å². The van der Waals surface area contributed by atoms with Crippen molar-refractivity contribution in [2.45, 2.75) is 6.04 Å². The van der Waals surface area contributed by atoms with E-state index in [1.54, 1.807) is 30.6 Å². The molecule has 1 unspecified atom stereocenters. The summed E-state index contributed by atoms with van der Waals surface area (Å²) in [6.07, 6.45) is 3.40. The van der Waals surface area contributed by atoms with E-state index in [1.807, 2.05) is 24.3 Å². The Bertz CT molecular complexity index is 961. The van der Waals surface area contributed by atoms with Crippen LogP contribution in [0, 0.1) is 5.82 Å². The summed E-state index contributed by atoms with van der Waals surface area (Å²) in [6, 6.07) is 13.5. The molecule has 0 saturated heterocycles. The van der Waals surface area contributed by atoms with Crippen LogP contribution < -0.4 is 0 Å². The van der Waals surface area contributed by atoms with Crippen LogP contribution in [-0.4, -0.2) is 21.9 Å². The van der Waals surface area contributed by atoms with Gasteiger partial charge in [-0.25, -0.2) is 4.39 Å². The average molecular weight is 433 g/mol. The summed E-state index contributed by atoms with van der Waals surface area (Å²) in [6.45, 7) is -0.376. The molecule has 3 aromatic rings. The maximum absolute atomic E-state index is 14.6. The molecule has 1 aromatic carbocycles. The lowest BCUT2D eigenvalue weighted by molar-refractivity contribution is -0.142. The molecule has 0 spiro atoms. The first-order valence-electron chi connectivity index (χ1n) is 7.89. The third kappa shape index (κ3) is 3.07. The Morgan fingerprint density at radius 2 is 2.04 bits per heavy atom. The van der Waals surface area contributed by atoms with Gasteiger partial charge in [-0.05, 0) is 40.2 Å². The molecule has 0 fully saturated rings. The van der Waals surface area contributed by atoms with Gasteiger partial charge in [0.2, 0.25) is 0 Å². The molecule has 1 N–H and O–H groups in total. The van der Waals surface area contributed by atoms with E-state index in [-0.39, 0.29) is 12.5 Å². The van der Waals surface area contributed by atoms with Gasteiger partial charge in [-0.1, -0.05) is 24.3 Å². The number of hydroxylamine groups is 2. The fourth-order valence-corrected chi connectivity index (χ4v) is 4.41. The lowest BCUT2D eigenvalue weighted by atomic mass is 9.92. The normalized spacial score (nSPS) is 17.6. The molecule has 0 radical (unpaired) electrons. The van der Waals surface area contributed by atoms with Crippen molar-refractivity contribution in [3.05, 3.63) is 86.5 Å². The van der Waals surface area contributed by atoms with E-state index in [1.165, 1.54) is 22.5 Å². The number of aliphatic hydroxyl groups is 1. The average Bonchev–Trinajstić information content (AvgIpc) is 3.26. The van der Waals surface area contributed by atoms with Gasteiger partial charge in [0, 0.05) is 29.1 Å². The van der Waals surface area contributed by atoms with Crippen LogP contribution in [0.15, 0.2) is 64.7 Å². The Morgan fingerprint density at radius 3 is 2.69 bits per heavy atom.